The van der Waals surface area contributed by atoms with Crippen molar-refractivity contribution in [3.8, 4) is 0 Å². The molecule has 0 spiro atoms. The van der Waals surface area contributed by atoms with E-state index in [1.54, 1.807) is 12.2 Å². The first kappa shape index (κ1) is 45.2. The average molecular weight is 687 g/mol. The second-order valence-electron chi connectivity index (χ2n) is 12.6. The number of ether oxygens (including phenoxy) is 2. The fourth-order valence-corrected chi connectivity index (χ4v) is 5.48. The highest BCUT2D eigenvalue weighted by Crippen LogP contribution is 2.36. The summed E-state index contributed by atoms with van der Waals surface area (Å²) in [5.41, 5.74) is 0. The van der Waals surface area contributed by atoms with E-state index in [1.165, 1.54) is 64.2 Å². The predicted octanol–water partition coefficient (Wildman–Crippen LogP) is 10.0. The van der Waals surface area contributed by atoms with Gasteiger partial charge in [0.25, 0.3) is 0 Å². The molecule has 0 saturated heterocycles. The largest absolute Gasteiger partial charge is 0.469 e. The second-order valence-corrected chi connectivity index (χ2v) is 13.8. The Balaban J connectivity index is 4.04. The van der Waals surface area contributed by atoms with Gasteiger partial charge in [0.05, 0.1) is 6.61 Å². The Hall–Kier alpha value is -1.80. The maximum atomic E-state index is 12.3. The van der Waals surface area contributed by atoms with Crippen molar-refractivity contribution >= 4 is 25.5 Å². The minimum Gasteiger partial charge on any atom is -0.462 e. The van der Waals surface area contributed by atoms with Crippen LogP contribution in [0.4, 0.5) is 0 Å². The van der Waals surface area contributed by atoms with E-state index in [-0.39, 0.29) is 25.2 Å². The van der Waals surface area contributed by atoms with Crippen LogP contribution < -0.4 is 0 Å². The van der Waals surface area contributed by atoms with E-state index < -0.39 is 32.5 Å². The summed E-state index contributed by atoms with van der Waals surface area (Å²) < 4.78 is 26.2. The number of unbranched alkanes of at least 4 members (excludes halogenated alkanes) is 19. The molecule has 0 aliphatic carbocycles. The van der Waals surface area contributed by atoms with Crippen LogP contribution in [-0.4, -0.2) is 46.8 Å². The zero-order valence-electron chi connectivity index (χ0n) is 29.7. The summed E-state index contributed by atoms with van der Waals surface area (Å²) in [6.07, 6.45) is 31.6. The maximum Gasteiger partial charge on any atom is 0.469 e. The van der Waals surface area contributed by atoms with Crippen LogP contribution in [0.15, 0.2) is 24.3 Å². The molecule has 0 amide bonds. The van der Waals surface area contributed by atoms with Crippen LogP contribution in [0.25, 0.3) is 0 Å². The zero-order chi connectivity index (χ0) is 34.9. The minimum absolute atomic E-state index is 0.163. The van der Waals surface area contributed by atoms with E-state index in [2.05, 4.69) is 24.4 Å². The Morgan fingerprint density at radius 1 is 0.596 bits per heavy atom. The fourth-order valence-electron chi connectivity index (χ4n) is 5.12. The van der Waals surface area contributed by atoms with Gasteiger partial charge in [-0.05, 0) is 38.2 Å². The predicted molar refractivity (Wildman–Crippen MR) is 189 cm³/mol. The Bertz CT molecular complexity index is 881. The summed E-state index contributed by atoms with van der Waals surface area (Å²) >= 11 is 0. The van der Waals surface area contributed by atoms with Crippen LogP contribution in [0, 0.1) is 0 Å². The molecule has 0 unspecified atom stereocenters. The molecule has 0 aliphatic rings. The molecule has 0 heterocycles. The van der Waals surface area contributed by atoms with Crippen LogP contribution in [0.1, 0.15) is 174 Å². The lowest BCUT2D eigenvalue weighted by Gasteiger charge is -2.18. The molecule has 9 nitrogen and oxygen atoms in total. The van der Waals surface area contributed by atoms with E-state index in [1.807, 2.05) is 6.08 Å². The second kappa shape index (κ2) is 32.7. The first-order valence-corrected chi connectivity index (χ1v) is 20.1. The number of phosphoric ester groups is 1. The SMILES string of the molecule is CCCCCCCCCCCCCCCC(=O)OC[C@H](COP(=O)(O)O)OC(=O)CCCCCCC/C=C\C=C\C(=O)CCCCC. The molecule has 1 atom stereocenters. The van der Waals surface area contributed by atoms with Crippen LogP contribution in [0.3, 0.4) is 0 Å². The van der Waals surface area contributed by atoms with Crippen LogP contribution in [0.2, 0.25) is 0 Å². The third-order valence-corrected chi connectivity index (χ3v) is 8.43. The Labute approximate surface area is 285 Å². The van der Waals surface area contributed by atoms with Crippen molar-refractivity contribution in [2.45, 2.75) is 180 Å². The minimum atomic E-state index is -4.77. The van der Waals surface area contributed by atoms with Crippen molar-refractivity contribution in [2.75, 3.05) is 13.2 Å². The maximum absolute atomic E-state index is 12.3. The van der Waals surface area contributed by atoms with Gasteiger partial charge in [0.2, 0.25) is 0 Å². The fraction of sp³-hybridized carbons (Fsp3) is 0.811. The zero-order valence-corrected chi connectivity index (χ0v) is 30.6. The monoisotopic (exact) mass is 686 g/mol. The Morgan fingerprint density at radius 3 is 1.62 bits per heavy atom. The van der Waals surface area contributed by atoms with Crippen molar-refractivity contribution in [3.63, 3.8) is 0 Å². The summed E-state index contributed by atoms with van der Waals surface area (Å²) in [6, 6.07) is 0. The molecule has 0 radical (unpaired) electrons. The third kappa shape index (κ3) is 35.3. The first-order valence-electron chi connectivity index (χ1n) is 18.6. The van der Waals surface area contributed by atoms with Crippen LogP contribution in [-0.2, 0) is 32.9 Å². The van der Waals surface area contributed by atoms with E-state index in [4.69, 9.17) is 19.3 Å². The van der Waals surface area contributed by atoms with Gasteiger partial charge in [-0.25, -0.2) is 4.57 Å². The summed E-state index contributed by atoms with van der Waals surface area (Å²) in [5.74, 6) is -0.772. The van der Waals surface area contributed by atoms with E-state index in [9.17, 15) is 18.9 Å². The number of carbonyl (C=O) groups is 3. The van der Waals surface area contributed by atoms with Crippen molar-refractivity contribution in [1.82, 2.24) is 0 Å². The molecule has 47 heavy (non-hydrogen) atoms. The van der Waals surface area contributed by atoms with Crippen molar-refractivity contribution in [1.29, 1.82) is 0 Å². The first-order chi connectivity index (χ1) is 22.7. The standard InChI is InChI=1S/C37H67O9P/c1-3-5-7-8-9-10-11-12-13-16-19-22-26-30-36(39)44-32-35(33-45-47(41,42)43)46-37(40)31-27-23-20-17-14-15-18-21-25-29-34(38)28-24-6-4-2/h18,21,25,29,35H,3-17,19-20,22-24,26-28,30-33H2,1-2H3,(H2,41,42,43)/b21-18-,29-25+/t35-/m1/s1. The van der Waals surface area contributed by atoms with Crippen molar-refractivity contribution in [2.24, 2.45) is 0 Å². The molecule has 0 fully saturated rings. The number of hydrogen-bond acceptors (Lipinski definition) is 7. The molecule has 0 rings (SSSR count). The molecule has 2 N–H and O–H groups in total. The van der Waals surface area contributed by atoms with Gasteiger partial charge >= 0.3 is 19.8 Å². The van der Waals surface area contributed by atoms with Gasteiger partial charge in [-0.1, -0.05) is 141 Å². The van der Waals surface area contributed by atoms with Crippen molar-refractivity contribution < 1.29 is 42.7 Å². The summed E-state index contributed by atoms with van der Waals surface area (Å²) in [4.78, 5) is 54.3. The Kier molecular flexibility index (Phi) is 31.5. The van der Waals surface area contributed by atoms with Gasteiger partial charge < -0.3 is 19.3 Å². The highest BCUT2D eigenvalue weighted by molar-refractivity contribution is 7.46. The lowest BCUT2D eigenvalue weighted by Crippen LogP contribution is -2.29. The van der Waals surface area contributed by atoms with Crippen molar-refractivity contribution in [3.05, 3.63) is 24.3 Å². The molecular formula is C37H67O9P. The number of carbonyl (C=O) groups excluding carboxylic acids is 3. The number of phosphoric acid groups is 1. The number of ketones is 1. The molecule has 0 aromatic carbocycles. The van der Waals surface area contributed by atoms with Gasteiger partial charge in [-0.15, -0.1) is 0 Å². The lowest BCUT2D eigenvalue weighted by molar-refractivity contribution is -0.161. The number of allylic oxidation sites excluding steroid dienone is 4. The van der Waals surface area contributed by atoms with Gasteiger partial charge in [0.1, 0.15) is 6.61 Å². The Morgan fingerprint density at radius 2 is 1.06 bits per heavy atom. The topological polar surface area (TPSA) is 136 Å². The van der Waals surface area contributed by atoms with E-state index >= 15 is 0 Å². The third-order valence-electron chi connectivity index (χ3n) is 7.95. The highest BCUT2D eigenvalue weighted by atomic mass is 31.2. The van der Waals surface area contributed by atoms with Gasteiger partial charge in [-0.2, -0.15) is 0 Å². The van der Waals surface area contributed by atoms with E-state index in [0.717, 1.165) is 64.2 Å². The molecule has 274 valence electrons. The summed E-state index contributed by atoms with van der Waals surface area (Å²) in [7, 11) is -4.77. The highest BCUT2D eigenvalue weighted by Gasteiger charge is 2.22. The van der Waals surface area contributed by atoms with Crippen LogP contribution in [0.5, 0.6) is 0 Å². The molecule has 0 saturated carbocycles. The lowest BCUT2D eigenvalue weighted by atomic mass is 10.0. The molecule has 0 bridgehead atoms. The molecular weight excluding hydrogens is 619 g/mol. The molecule has 10 heteroatoms. The molecule has 0 aromatic heterocycles. The normalized spacial score (nSPS) is 12.6. The molecule has 0 aliphatic heterocycles. The average Bonchev–Trinajstić information content (AvgIpc) is 3.03. The van der Waals surface area contributed by atoms with E-state index in [0.29, 0.717) is 19.3 Å². The van der Waals surface area contributed by atoms with Gasteiger partial charge in [0, 0.05) is 19.3 Å². The van der Waals surface area contributed by atoms with Gasteiger partial charge in [-0.3, -0.25) is 18.9 Å². The smallest absolute Gasteiger partial charge is 0.462 e. The summed E-state index contributed by atoms with van der Waals surface area (Å²) in [6.45, 7) is 3.49. The number of rotatable bonds is 34. The summed E-state index contributed by atoms with van der Waals surface area (Å²) in [5, 5.41) is 0. The van der Waals surface area contributed by atoms with Crippen LogP contribution >= 0.6 is 7.82 Å². The molecule has 0 aromatic rings. The van der Waals surface area contributed by atoms with Gasteiger partial charge in [0.15, 0.2) is 11.9 Å². The number of hydrogen-bond donors (Lipinski definition) is 2. The quantitative estimate of drug-likeness (QED) is 0.0223. The number of esters is 2.